The molecule has 1 atom stereocenters. The third-order valence-corrected chi connectivity index (χ3v) is 5.09. The first-order chi connectivity index (χ1) is 12.3. The van der Waals surface area contributed by atoms with Crippen LogP contribution in [0.25, 0.3) is 22.4 Å². The number of hydrogen-bond donors (Lipinski definition) is 1. The number of aromatic amines is 1. The van der Waals surface area contributed by atoms with Crippen LogP contribution >= 0.6 is 0 Å². The standard InChI is InChI=1S/C19H21N5O/c1-12-11-25-9-8-24(12)17-10-16(13-2-3-13)22-19(23-17)15-5-7-21-18-14(15)4-6-20-18/h4-7,10,12-13H,2-3,8-9,11H2,1H3,(H,20,21). The molecule has 1 saturated carbocycles. The van der Waals surface area contributed by atoms with Crippen LogP contribution in [0.4, 0.5) is 5.82 Å². The Bertz CT molecular complexity index is 917. The van der Waals surface area contributed by atoms with Gasteiger partial charge in [0.05, 0.1) is 19.3 Å². The van der Waals surface area contributed by atoms with E-state index in [0.717, 1.165) is 48.0 Å². The first-order valence-corrected chi connectivity index (χ1v) is 8.95. The molecule has 0 radical (unpaired) electrons. The van der Waals surface area contributed by atoms with Gasteiger partial charge in [0.2, 0.25) is 0 Å². The minimum absolute atomic E-state index is 0.327. The fraction of sp³-hybridized carbons (Fsp3) is 0.421. The molecule has 128 valence electrons. The average Bonchev–Trinajstić information content (AvgIpc) is 3.38. The monoisotopic (exact) mass is 335 g/mol. The molecule has 2 fully saturated rings. The summed E-state index contributed by atoms with van der Waals surface area (Å²) in [4.78, 5) is 19.7. The summed E-state index contributed by atoms with van der Waals surface area (Å²) in [5.74, 6) is 2.40. The predicted molar refractivity (Wildman–Crippen MR) is 96.7 cm³/mol. The average molecular weight is 335 g/mol. The molecule has 1 aliphatic heterocycles. The van der Waals surface area contributed by atoms with Crippen LogP contribution in [0, 0.1) is 0 Å². The van der Waals surface area contributed by atoms with Crippen LogP contribution in [0.3, 0.4) is 0 Å². The molecule has 1 aliphatic carbocycles. The summed E-state index contributed by atoms with van der Waals surface area (Å²) in [6, 6.07) is 6.56. The van der Waals surface area contributed by atoms with Crippen molar-refractivity contribution in [3.05, 3.63) is 36.3 Å². The molecule has 0 amide bonds. The van der Waals surface area contributed by atoms with E-state index < -0.39 is 0 Å². The Morgan fingerprint density at radius 3 is 3.00 bits per heavy atom. The highest BCUT2D eigenvalue weighted by molar-refractivity contribution is 5.91. The number of anilines is 1. The molecule has 5 rings (SSSR count). The van der Waals surface area contributed by atoms with Crippen LogP contribution in [0.15, 0.2) is 30.6 Å². The normalized spacial score (nSPS) is 21.0. The minimum Gasteiger partial charge on any atom is -0.377 e. The molecule has 6 nitrogen and oxygen atoms in total. The number of H-pyrrole nitrogens is 1. The van der Waals surface area contributed by atoms with E-state index in [1.807, 2.05) is 24.5 Å². The van der Waals surface area contributed by atoms with Crippen molar-refractivity contribution in [2.45, 2.75) is 31.7 Å². The maximum Gasteiger partial charge on any atom is 0.162 e. The second-order valence-electron chi connectivity index (χ2n) is 6.96. The highest BCUT2D eigenvalue weighted by Crippen LogP contribution is 2.41. The third kappa shape index (κ3) is 2.66. The van der Waals surface area contributed by atoms with Gasteiger partial charge in [-0.2, -0.15) is 0 Å². The van der Waals surface area contributed by atoms with E-state index in [2.05, 4.69) is 27.9 Å². The fourth-order valence-corrected chi connectivity index (χ4v) is 3.53. The van der Waals surface area contributed by atoms with Crippen LogP contribution in [0.1, 0.15) is 31.4 Å². The summed E-state index contributed by atoms with van der Waals surface area (Å²) in [5, 5.41) is 1.07. The van der Waals surface area contributed by atoms with E-state index in [-0.39, 0.29) is 0 Å². The summed E-state index contributed by atoms with van der Waals surface area (Å²) < 4.78 is 5.59. The van der Waals surface area contributed by atoms with Crippen molar-refractivity contribution >= 4 is 16.9 Å². The van der Waals surface area contributed by atoms with Crippen molar-refractivity contribution < 1.29 is 4.74 Å². The van der Waals surface area contributed by atoms with Gasteiger partial charge in [0.25, 0.3) is 0 Å². The number of rotatable bonds is 3. The molecule has 0 spiro atoms. The number of fused-ring (bicyclic) bond motifs is 1. The van der Waals surface area contributed by atoms with E-state index >= 15 is 0 Å². The number of nitrogens with one attached hydrogen (secondary N) is 1. The van der Waals surface area contributed by atoms with Gasteiger partial charge >= 0.3 is 0 Å². The number of aromatic nitrogens is 4. The zero-order valence-electron chi connectivity index (χ0n) is 14.3. The molecule has 0 aromatic carbocycles. The Morgan fingerprint density at radius 2 is 2.16 bits per heavy atom. The van der Waals surface area contributed by atoms with Gasteiger partial charge in [0.1, 0.15) is 11.5 Å². The minimum atomic E-state index is 0.327. The van der Waals surface area contributed by atoms with Crippen LogP contribution in [0.5, 0.6) is 0 Å². The number of morpholine rings is 1. The highest BCUT2D eigenvalue weighted by Gasteiger charge is 2.29. The zero-order chi connectivity index (χ0) is 16.8. The van der Waals surface area contributed by atoms with Crippen LogP contribution in [-0.2, 0) is 4.74 Å². The SMILES string of the molecule is CC1COCCN1c1cc(C2CC2)nc(-c2ccnc3[nH]ccc23)n1. The fourth-order valence-electron chi connectivity index (χ4n) is 3.53. The lowest BCUT2D eigenvalue weighted by Gasteiger charge is -2.34. The zero-order valence-corrected chi connectivity index (χ0v) is 14.3. The van der Waals surface area contributed by atoms with E-state index in [9.17, 15) is 0 Å². The second kappa shape index (κ2) is 5.81. The maximum atomic E-state index is 5.59. The van der Waals surface area contributed by atoms with E-state index in [1.54, 1.807) is 0 Å². The summed E-state index contributed by atoms with van der Waals surface area (Å²) in [6.45, 7) is 4.56. The maximum absolute atomic E-state index is 5.59. The Kier molecular flexibility index (Phi) is 3.45. The van der Waals surface area contributed by atoms with E-state index in [4.69, 9.17) is 14.7 Å². The molecule has 1 N–H and O–H groups in total. The van der Waals surface area contributed by atoms with Crippen LogP contribution in [0.2, 0.25) is 0 Å². The number of pyridine rings is 1. The largest absolute Gasteiger partial charge is 0.377 e. The third-order valence-electron chi connectivity index (χ3n) is 5.09. The molecule has 1 unspecified atom stereocenters. The summed E-state index contributed by atoms with van der Waals surface area (Å²) >= 11 is 0. The molecular weight excluding hydrogens is 314 g/mol. The first-order valence-electron chi connectivity index (χ1n) is 8.95. The Morgan fingerprint density at radius 1 is 1.24 bits per heavy atom. The molecule has 4 heterocycles. The Hall–Kier alpha value is -2.47. The van der Waals surface area contributed by atoms with Gasteiger partial charge in [-0.1, -0.05) is 0 Å². The lowest BCUT2D eigenvalue weighted by molar-refractivity contribution is 0.0985. The molecule has 0 bridgehead atoms. The van der Waals surface area contributed by atoms with Crippen molar-refractivity contribution in [3.8, 4) is 11.4 Å². The molecule has 3 aromatic rings. The topological polar surface area (TPSA) is 66.9 Å². The Labute approximate surface area is 146 Å². The van der Waals surface area contributed by atoms with Gasteiger partial charge in [-0.3, -0.25) is 0 Å². The summed E-state index contributed by atoms with van der Waals surface area (Å²) in [6.07, 6.45) is 6.18. The molecule has 1 saturated heterocycles. The summed E-state index contributed by atoms with van der Waals surface area (Å²) in [5.41, 5.74) is 3.08. The quantitative estimate of drug-likeness (QED) is 0.796. The first kappa shape index (κ1) is 14.8. The Balaban J connectivity index is 1.65. The van der Waals surface area contributed by atoms with Crippen molar-refractivity contribution in [2.24, 2.45) is 0 Å². The molecular formula is C19H21N5O. The van der Waals surface area contributed by atoms with Gasteiger partial charge in [-0.15, -0.1) is 0 Å². The van der Waals surface area contributed by atoms with Gasteiger partial charge in [0, 0.05) is 47.6 Å². The smallest absolute Gasteiger partial charge is 0.162 e. The van der Waals surface area contributed by atoms with E-state index in [1.165, 1.54) is 18.5 Å². The van der Waals surface area contributed by atoms with Crippen molar-refractivity contribution in [1.82, 2.24) is 19.9 Å². The van der Waals surface area contributed by atoms with Gasteiger partial charge < -0.3 is 14.6 Å². The lowest BCUT2D eigenvalue weighted by atomic mass is 10.1. The second-order valence-corrected chi connectivity index (χ2v) is 6.96. The number of hydrogen-bond acceptors (Lipinski definition) is 5. The number of ether oxygens (including phenoxy) is 1. The molecule has 6 heteroatoms. The highest BCUT2D eigenvalue weighted by atomic mass is 16.5. The van der Waals surface area contributed by atoms with Gasteiger partial charge in [0.15, 0.2) is 5.82 Å². The predicted octanol–water partition coefficient (Wildman–Crippen LogP) is 3.12. The summed E-state index contributed by atoms with van der Waals surface area (Å²) in [7, 11) is 0. The number of nitrogens with zero attached hydrogens (tertiary/aromatic N) is 4. The molecule has 2 aliphatic rings. The van der Waals surface area contributed by atoms with Crippen molar-refractivity contribution in [2.75, 3.05) is 24.7 Å². The van der Waals surface area contributed by atoms with Crippen molar-refractivity contribution in [1.29, 1.82) is 0 Å². The lowest BCUT2D eigenvalue weighted by Crippen LogP contribution is -2.44. The van der Waals surface area contributed by atoms with Crippen LogP contribution in [-0.4, -0.2) is 45.7 Å². The van der Waals surface area contributed by atoms with Crippen molar-refractivity contribution in [3.63, 3.8) is 0 Å². The van der Waals surface area contributed by atoms with Crippen LogP contribution < -0.4 is 4.90 Å². The van der Waals surface area contributed by atoms with Gasteiger partial charge in [-0.25, -0.2) is 15.0 Å². The van der Waals surface area contributed by atoms with Gasteiger partial charge in [-0.05, 0) is 31.9 Å². The molecule has 25 heavy (non-hydrogen) atoms. The van der Waals surface area contributed by atoms with E-state index in [0.29, 0.717) is 12.0 Å². The molecule has 3 aromatic heterocycles.